The summed E-state index contributed by atoms with van der Waals surface area (Å²) in [5, 5.41) is 13.9. The normalized spacial score (nSPS) is 14.0. The maximum atomic E-state index is 12.6. The summed E-state index contributed by atoms with van der Waals surface area (Å²) in [5.74, 6) is 1.17. The number of amides is 1. The van der Waals surface area contributed by atoms with Crippen molar-refractivity contribution in [2.24, 2.45) is 0 Å². The molecule has 0 saturated carbocycles. The lowest BCUT2D eigenvalue weighted by Gasteiger charge is -2.27. The van der Waals surface area contributed by atoms with Gasteiger partial charge in [0.2, 0.25) is 11.9 Å². The molecule has 33 heavy (non-hydrogen) atoms. The number of para-hydroxylation sites is 2. The van der Waals surface area contributed by atoms with Crippen molar-refractivity contribution in [1.29, 1.82) is 0 Å². The third-order valence-corrected chi connectivity index (χ3v) is 6.92. The number of rotatable bonds is 8. The molecule has 4 aromatic rings. The topological polar surface area (TPSA) is 78.8 Å². The molecule has 0 aliphatic carbocycles. The fourth-order valence-corrected chi connectivity index (χ4v) is 5.09. The summed E-state index contributed by atoms with van der Waals surface area (Å²) in [4.78, 5) is 18.1. The minimum atomic E-state index is 0.00183. The van der Waals surface area contributed by atoms with Crippen LogP contribution in [0, 0.1) is 0 Å². The first kappa shape index (κ1) is 21.6. The summed E-state index contributed by atoms with van der Waals surface area (Å²) in [6.45, 7) is 2.58. The Bertz CT molecular complexity index is 1210. The van der Waals surface area contributed by atoms with Crippen molar-refractivity contribution < 1.29 is 4.79 Å². The number of piperidine rings is 1. The highest BCUT2D eigenvalue weighted by Crippen LogP contribution is 2.28. The van der Waals surface area contributed by atoms with Crippen LogP contribution in [0.3, 0.4) is 0 Å². The number of carbonyl (C=O) groups is 1. The number of fused-ring (bicyclic) bond motifs is 1. The van der Waals surface area contributed by atoms with E-state index in [1.54, 1.807) is 0 Å². The fraction of sp³-hybridized carbons (Fsp3) is 0.320. The minimum Gasteiger partial charge on any atom is -0.361 e. The molecule has 0 radical (unpaired) electrons. The van der Waals surface area contributed by atoms with Gasteiger partial charge in [0.15, 0.2) is 5.16 Å². The Morgan fingerprint density at radius 1 is 1.00 bits per heavy atom. The number of nitrogens with zero attached hydrogens (tertiary/aromatic N) is 4. The minimum absolute atomic E-state index is 0.00183. The van der Waals surface area contributed by atoms with Gasteiger partial charge in [-0.3, -0.25) is 9.36 Å². The molecule has 8 heteroatoms. The van der Waals surface area contributed by atoms with Crippen LogP contribution in [0.4, 0.5) is 5.95 Å². The predicted molar refractivity (Wildman–Crippen MR) is 133 cm³/mol. The summed E-state index contributed by atoms with van der Waals surface area (Å²) in [6, 6.07) is 18.4. The summed E-state index contributed by atoms with van der Waals surface area (Å²) < 4.78 is 2.08. The molecule has 1 aliphatic rings. The van der Waals surface area contributed by atoms with Crippen LogP contribution in [0.25, 0.3) is 16.6 Å². The van der Waals surface area contributed by atoms with Gasteiger partial charge in [0.25, 0.3) is 0 Å². The molecule has 0 unspecified atom stereocenters. The van der Waals surface area contributed by atoms with Crippen LogP contribution in [0.1, 0.15) is 24.8 Å². The Morgan fingerprint density at radius 2 is 1.79 bits per heavy atom. The standard InChI is InChI=1S/C25H28N6OS/c32-23(26-14-13-19-17-27-22-12-6-5-11-21(19)22)18-33-25-29-28-24(30-15-7-2-8-16-30)31(25)20-9-3-1-4-10-20/h1,3-6,9-12,17,27H,2,7-8,13-16,18H2,(H,26,32). The first-order valence-corrected chi connectivity index (χ1v) is 12.5. The zero-order chi connectivity index (χ0) is 22.5. The molecule has 2 aromatic carbocycles. The van der Waals surface area contributed by atoms with Gasteiger partial charge in [-0.1, -0.05) is 48.2 Å². The number of anilines is 1. The van der Waals surface area contributed by atoms with Crippen LogP contribution >= 0.6 is 11.8 Å². The molecular weight excluding hydrogens is 432 g/mol. The Kier molecular flexibility index (Phi) is 6.62. The average molecular weight is 461 g/mol. The molecule has 0 spiro atoms. The summed E-state index contributed by atoms with van der Waals surface area (Å²) >= 11 is 1.43. The van der Waals surface area contributed by atoms with Crippen LogP contribution < -0.4 is 10.2 Å². The molecule has 1 aliphatic heterocycles. The lowest BCUT2D eigenvalue weighted by molar-refractivity contribution is -0.118. The number of H-pyrrole nitrogens is 1. The number of thioether (sulfide) groups is 1. The van der Waals surface area contributed by atoms with Crippen LogP contribution in [-0.4, -0.2) is 51.0 Å². The molecule has 1 amide bonds. The van der Waals surface area contributed by atoms with Crippen LogP contribution in [0.5, 0.6) is 0 Å². The van der Waals surface area contributed by atoms with Gasteiger partial charge >= 0.3 is 0 Å². The Morgan fingerprint density at radius 3 is 2.64 bits per heavy atom. The number of carbonyl (C=O) groups excluding carboxylic acids is 1. The second-order valence-corrected chi connectivity index (χ2v) is 9.19. The van der Waals surface area contributed by atoms with Gasteiger partial charge in [-0.05, 0) is 49.4 Å². The van der Waals surface area contributed by atoms with Gasteiger partial charge in [-0.15, -0.1) is 10.2 Å². The van der Waals surface area contributed by atoms with Crippen molar-refractivity contribution in [3.05, 3.63) is 66.4 Å². The van der Waals surface area contributed by atoms with Crippen molar-refractivity contribution in [2.45, 2.75) is 30.8 Å². The maximum Gasteiger partial charge on any atom is 0.232 e. The third kappa shape index (κ3) is 4.90. The smallest absolute Gasteiger partial charge is 0.232 e. The molecule has 0 bridgehead atoms. The molecule has 2 N–H and O–H groups in total. The van der Waals surface area contributed by atoms with E-state index in [9.17, 15) is 4.79 Å². The van der Waals surface area contributed by atoms with Gasteiger partial charge in [-0.25, -0.2) is 0 Å². The quantitative estimate of drug-likeness (QED) is 0.386. The van der Waals surface area contributed by atoms with Crippen molar-refractivity contribution in [3.8, 4) is 5.69 Å². The molecule has 170 valence electrons. The average Bonchev–Trinajstić information content (AvgIpc) is 3.48. The molecule has 2 aromatic heterocycles. The largest absolute Gasteiger partial charge is 0.361 e. The third-order valence-electron chi connectivity index (χ3n) is 5.99. The van der Waals surface area contributed by atoms with E-state index < -0.39 is 0 Å². The number of hydrogen-bond acceptors (Lipinski definition) is 5. The Balaban J connectivity index is 1.22. The second kappa shape index (κ2) is 10.1. The van der Waals surface area contributed by atoms with Crippen molar-refractivity contribution >= 4 is 34.5 Å². The molecule has 7 nitrogen and oxygen atoms in total. The van der Waals surface area contributed by atoms with E-state index in [1.807, 2.05) is 36.5 Å². The SMILES string of the molecule is O=C(CSc1nnc(N2CCCCC2)n1-c1ccccc1)NCCc1c[nH]c2ccccc12. The van der Waals surface area contributed by atoms with E-state index in [0.29, 0.717) is 12.3 Å². The highest BCUT2D eigenvalue weighted by molar-refractivity contribution is 7.99. The molecule has 3 heterocycles. The molecule has 5 rings (SSSR count). The predicted octanol–water partition coefficient (Wildman–Crippen LogP) is 4.19. The zero-order valence-electron chi connectivity index (χ0n) is 18.5. The summed E-state index contributed by atoms with van der Waals surface area (Å²) in [7, 11) is 0. The number of benzene rings is 2. The number of aromatic nitrogens is 4. The van der Waals surface area contributed by atoms with Gasteiger partial charge in [0, 0.05) is 36.7 Å². The van der Waals surface area contributed by atoms with E-state index >= 15 is 0 Å². The van der Waals surface area contributed by atoms with Gasteiger partial charge < -0.3 is 15.2 Å². The molecule has 0 atom stereocenters. The number of aromatic amines is 1. The maximum absolute atomic E-state index is 12.6. The van der Waals surface area contributed by atoms with Crippen molar-refractivity contribution in [1.82, 2.24) is 25.1 Å². The second-order valence-electron chi connectivity index (χ2n) is 8.25. The van der Waals surface area contributed by atoms with Gasteiger partial charge in [-0.2, -0.15) is 0 Å². The van der Waals surface area contributed by atoms with E-state index in [4.69, 9.17) is 0 Å². The van der Waals surface area contributed by atoms with Crippen LogP contribution in [-0.2, 0) is 11.2 Å². The lowest BCUT2D eigenvalue weighted by atomic mass is 10.1. The van der Waals surface area contributed by atoms with Gasteiger partial charge in [0.1, 0.15) is 0 Å². The molecule has 1 fully saturated rings. The van der Waals surface area contributed by atoms with Gasteiger partial charge in [0.05, 0.1) is 11.4 Å². The lowest BCUT2D eigenvalue weighted by Crippen LogP contribution is -2.31. The van der Waals surface area contributed by atoms with Crippen LogP contribution in [0.15, 0.2) is 66.0 Å². The van der Waals surface area contributed by atoms with Crippen molar-refractivity contribution in [3.63, 3.8) is 0 Å². The first-order valence-electron chi connectivity index (χ1n) is 11.5. The van der Waals surface area contributed by atoms with E-state index in [2.05, 4.69) is 54.2 Å². The van der Waals surface area contributed by atoms with E-state index in [1.165, 1.54) is 42.0 Å². The fourth-order valence-electron chi connectivity index (χ4n) is 4.31. The summed E-state index contributed by atoms with van der Waals surface area (Å²) in [6.07, 6.45) is 6.41. The Labute approximate surface area is 197 Å². The number of hydrogen-bond donors (Lipinski definition) is 2. The number of nitrogens with one attached hydrogen (secondary N) is 2. The van der Waals surface area contributed by atoms with Crippen LogP contribution in [0.2, 0.25) is 0 Å². The molecular formula is C25H28N6OS. The highest BCUT2D eigenvalue weighted by Gasteiger charge is 2.22. The Hall–Kier alpha value is -3.26. The first-order chi connectivity index (χ1) is 16.3. The summed E-state index contributed by atoms with van der Waals surface area (Å²) in [5.41, 5.74) is 3.36. The monoisotopic (exact) mass is 460 g/mol. The van der Waals surface area contributed by atoms with E-state index in [0.717, 1.165) is 41.8 Å². The van der Waals surface area contributed by atoms with E-state index in [-0.39, 0.29) is 5.91 Å². The molecule has 1 saturated heterocycles. The highest BCUT2D eigenvalue weighted by atomic mass is 32.2. The van der Waals surface area contributed by atoms with Crippen molar-refractivity contribution in [2.75, 3.05) is 30.3 Å². The zero-order valence-corrected chi connectivity index (χ0v) is 19.4.